The van der Waals surface area contributed by atoms with Gasteiger partial charge in [-0.2, -0.15) is 0 Å². The fraction of sp³-hybridized carbons (Fsp3) is 0.200. The summed E-state index contributed by atoms with van der Waals surface area (Å²) in [5.41, 5.74) is 7.96. The minimum atomic E-state index is -0.459. The molecule has 2 aromatic carbocycles. The second kappa shape index (κ2) is 6.50. The highest BCUT2D eigenvalue weighted by molar-refractivity contribution is 6.30. The highest BCUT2D eigenvalue weighted by atomic mass is 35.5. The molecule has 2 rings (SSSR count). The van der Waals surface area contributed by atoms with Crippen molar-refractivity contribution in [3.8, 4) is 0 Å². The first kappa shape index (κ1) is 14.5. The molecule has 0 radical (unpaired) electrons. The van der Waals surface area contributed by atoms with E-state index in [1.165, 1.54) is 17.7 Å². The lowest BCUT2D eigenvalue weighted by Gasteiger charge is -2.12. The van der Waals surface area contributed by atoms with Crippen LogP contribution in [0.1, 0.15) is 23.6 Å². The van der Waals surface area contributed by atoms with E-state index >= 15 is 0 Å². The molecule has 1 unspecified atom stereocenters. The van der Waals surface area contributed by atoms with Gasteiger partial charge in [-0.1, -0.05) is 41.9 Å². The number of aryl methyl sites for hydroxylation is 1. The molecule has 0 aliphatic rings. The smallest absolute Gasteiger partial charge is 0.271 e. The van der Waals surface area contributed by atoms with Gasteiger partial charge >= 0.3 is 0 Å². The topological polar surface area (TPSA) is 69.2 Å². The first-order chi connectivity index (χ1) is 9.56. The average molecular weight is 291 g/mol. The molecule has 0 aliphatic carbocycles. The van der Waals surface area contributed by atoms with Crippen LogP contribution in [0.3, 0.4) is 0 Å². The van der Waals surface area contributed by atoms with Gasteiger partial charge in [0, 0.05) is 23.2 Å². The van der Waals surface area contributed by atoms with Crippen LogP contribution in [0.15, 0.2) is 48.5 Å². The van der Waals surface area contributed by atoms with Crippen LogP contribution < -0.4 is 5.73 Å². The largest absolute Gasteiger partial charge is 0.324 e. The number of halogens is 1. The molecule has 0 spiro atoms. The lowest BCUT2D eigenvalue weighted by molar-refractivity contribution is -0.384. The number of hydrogen-bond acceptors (Lipinski definition) is 3. The van der Waals surface area contributed by atoms with E-state index in [1.54, 1.807) is 6.07 Å². The number of nitrogens with two attached hydrogens (primary N) is 1. The zero-order chi connectivity index (χ0) is 14.5. The fourth-order valence-electron chi connectivity index (χ4n) is 2.05. The summed E-state index contributed by atoms with van der Waals surface area (Å²) in [6.45, 7) is 0. The molecular weight excluding hydrogens is 276 g/mol. The average Bonchev–Trinajstić information content (AvgIpc) is 2.45. The van der Waals surface area contributed by atoms with Crippen molar-refractivity contribution in [2.75, 3.05) is 0 Å². The van der Waals surface area contributed by atoms with Gasteiger partial charge in [-0.15, -0.1) is 0 Å². The van der Waals surface area contributed by atoms with Gasteiger partial charge in [0.25, 0.3) is 5.69 Å². The quantitative estimate of drug-likeness (QED) is 0.671. The number of nitro benzene ring substituents is 1. The summed E-state index contributed by atoms with van der Waals surface area (Å²) in [7, 11) is 0. The monoisotopic (exact) mass is 290 g/mol. The van der Waals surface area contributed by atoms with E-state index in [9.17, 15) is 10.1 Å². The van der Waals surface area contributed by atoms with E-state index in [0.29, 0.717) is 17.0 Å². The Kier molecular flexibility index (Phi) is 4.71. The molecule has 1 atom stereocenters. The molecule has 0 aromatic heterocycles. The van der Waals surface area contributed by atoms with Gasteiger partial charge in [0.05, 0.1) is 4.92 Å². The predicted molar refractivity (Wildman–Crippen MR) is 79.8 cm³/mol. The number of hydrogen-bond donors (Lipinski definition) is 1. The molecule has 104 valence electrons. The van der Waals surface area contributed by atoms with E-state index in [4.69, 9.17) is 17.3 Å². The van der Waals surface area contributed by atoms with Crippen molar-refractivity contribution in [2.45, 2.75) is 18.9 Å². The zero-order valence-corrected chi connectivity index (χ0v) is 11.6. The number of rotatable bonds is 5. The maximum atomic E-state index is 10.8. The van der Waals surface area contributed by atoms with Crippen LogP contribution in [0.2, 0.25) is 5.02 Å². The summed E-state index contributed by atoms with van der Waals surface area (Å²) in [4.78, 5) is 10.4. The van der Waals surface area contributed by atoms with Crippen molar-refractivity contribution in [2.24, 2.45) is 5.73 Å². The Labute approximate surface area is 122 Å². The Hall–Kier alpha value is -1.91. The van der Waals surface area contributed by atoms with Crippen molar-refractivity contribution in [3.05, 3.63) is 74.8 Å². The molecule has 0 saturated heterocycles. The molecule has 2 N–H and O–H groups in total. The van der Waals surface area contributed by atoms with Crippen molar-refractivity contribution < 1.29 is 4.92 Å². The van der Waals surface area contributed by atoms with Crippen LogP contribution in [0, 0.1) is 10.1 Å². The van der Waals surface area contributed by atoms with Gasteiger partial charge in [0.15, 0.2) is 0 Å². The molecule has 20 heavy (non-hydrogen) atoms. The van der Waals surface area contributed by atoms with E-state index in [0.717, 1.165) is 6.42 Å². The number of benzene rings is 2. The molecule has 4 nitrogen and oxygen atoms in total. The first-order valence-corrected chi connectivity index (χ1v) is 6.68. The Balaban J connectivity index is 2.09. The SMILES string of the molecule is NC(CCc1ccccc1)c1cc(Cl)cc([N+](=O)[O-])c1. The van der Waals surface area contributed by atoms with Gasteiger partial charge in [-0.3, -0.25) is 10.1 Å². The van der Waals surface area contributed by atoms with Gasteiger partial charge < -0.3 is 5.73 Å². The highest BCUT2D eigenvalue weighted by Gasteiger charge is 2.13. The molecule has 0 amide bonds. The minimum Gasteiger partial charge on any atom is -0.324 e. The predicted octanol–water partition coefficient (Wildman–Crippen LogP) is 3.88. The Bertz CT molecular complexity index is 602. The molecule has 5 heteroatoms. The Morgan fingerprint density at radius 3 is 2.55 bits per heavy atom. The van der Waals surface area contributed by atoms with Gasteiger partial charge in [0.2, 0.25) is 0 Å². The van der Waals surface area contributed by atoms with E-state index < -0.39 is 4.92 Å². The van der Waals surface area contributed by atoms with Crippen LogP contribution >= 0.6 is 11.6 Å². The van der Waals surface area contributed by atoms with Gasteiger partial charge in [0.1, 0.15) is 0 Å². The second-order valence-electron chi connectivity index (χ2n) is 4.63. The number of non-ortho nitro benzene ring substituents is 1. The van der Waals surface area contributed by atoms with Crippen LogP contribution in [0.5, 0.6) is 0 Å². The minimum absolute atomic E-state index is 0.0253. The summed E-state index contributed by atoms with van der Waals surface area (Å²) in [6.07, 6.45) is 1.53. The maximum absolute atomic E-state index is 10.8. The zero-order valence-electron chi connectivity index (χ0n) is 10.8. The third-order valence-electron chi connectivity index (χ3n) is 3.13. The normalized spacial score (nSPS) is 12.1. The van der Waals surface area contributed by atoms with Crippen LogP contribution in [0.4, 0.5) is 5.69 Å². The number of nitrogens with zero attached hydrogens (tertiary/aromatic N) is 1. The summed E-state index contributed by atoms with van der Waals surface area (Å²) < 4.78 is 0. The summed E-state index contributed by atoms with van der Waals surface area (Å²) in [5.74, 6) is 0. The first-order valence-electron chi connectivity index (χ1n) is 6.30. The van der Waals surface area contributed by atoms with Crippen molar-refractivity contribution >= 4 is 17.3 Å². The molecule has 0 aliphatic heterocycles. The molecule has 0 fully saturated rings. The third-order valence-corrected chi connectivity index (χ3v) is 3.35. The lowest BCUT2D eigenvalue weighted by atomic mass is 9.99. The molecule has 0 bridgehead atoms. The number of nitro groups is 1. The molecule has 2 aromatic rings. The Morgan fingerprint density at radius 2 is 1.90 bits per heavy atom. The van der Waals surface area contributed by atoms with Gasteiger partial charge in [-0.25, -0.2) is 0 Å². The summed E-state index contributed by atoms with van der Waals surface area (Å²) >= 11 is 5.90. The van der Waals surface area contributed by atoms with Crippen molar-refractivity contribution in [3.63, 3.8) is 0 Å². The van der Waals surface area contributed by atoms with Crippen molar-refractivity contribution in [1.29, 1.82) is 0 Å². The fourth-order valence-corrected chi connectivity index (χ4v) is 2.29. The van der Waals surface area contributed by atoms with Crippen LogP contribution in [-0.4, -0.2) is 4.92 Å². The Morgan fingerprint density at radius 1 is 1.20 bits per heavy atom. The lowest BCUT2D eigenvalue weighted by Crippen LogP contribution is -2.11. The van der Waals surface area contributed by atoms with E-state index in [1.807, 2.05) is 30.3 Å². The van der Waals surface area contributed by atoms with E-state index in [2.05, 4.69) is 0 Å². The maximum Gasteiger partial charge on any atom is 0.271 e. The van der Waals surface area contributed by atoms with Crippen LogP contribution in [-0.2, 0) is 6.42 Å². The van der Waals surface area contributed by atoms with Crippen molar-refractivity contribution in [1.82, 2.24) is 0 Å². The van der Waals surface area contributed by atoms with Crippen LogP contribution in [0.25, 0.3) is 0 Å². The molecule has 0 heterocycles. The van der Waals surface area contributed by atoms with Gasteiger partial charge in [-0.05, 0) is 30.0 Å². The standard InChI is InChI=1S/C15H15ClN2O2/c16-13-8-12(9-14(10-13)18(19)20)15(17)7-6-11-4-2-1-3-5-11/h1-5,8-10,15H,6-7,17H2. The summed E-state index contributed by atoms with van der Waals surface area (Å²) in [6, 6.07) is 14.2. The second-order valence-corrected chi connectivity index (χ2v) is 5.07. The molecular formula is C15H15ClN2O2. The molecule has 0 saturated carbocycles. The van der Waals surface area contributed by atoms with E-state index in [-0.39, 0.29) is 11.7 Å². The summed E-state index contributed by atoms with van der Waals surface area (Å²) in [5, 5.41) is 11.2. The third kappa shape index (κ3) is 3.79. The highest BCUT2D eigenvalue weighted by Crippen LogP contribution is 2.26.